The fourth-order valence-corrected chi connectivity index (χ4v) is 2.48. The molecule has 0 saturated carbocycles. The van der Waals surface area contributed by atoms with Gasteiger partial charge in [-0.05, 0) is 24.3 Å². The van der Waals surface area contributed by atoms with Gasteiger partial charge in [0.05, 0.1) is 10.5 Å². The van der Waals surface area contributed by atoms with E-state index in [4.69, 9.17) is 0 Å². The summed E-state index contributed by atoms with van der Waals surface area (Å²) in [5.41, 5.74) is 0.107. The summed E-state index contributed by atoms with van der Waals surface area (Å²) in [6.45, 7) is 0. The number of hydrogen-bond donors (Lipinski definition) is 1. The quantitative estimate of drug-likeness (QED) is 0.926. The summed E-state index contributed by atoms with van der Waals surface area (Å²) in [6, 6.07) is 11.1. The first-order chi connectivity index (χ1) is 8.98. The summed E-state index contributed by atoms with van der Waals surface area (Å²) in [5, 5.41) is 2.56. The highest BCUT2D eigenvalue weighted by Gasteiger charge is 2.18. The van der Waals surface area contributed by atoms with E-state index >= 15 is 0 Å². The highest BCUT2D eigenvalue weighted by atomic mass is 32.2. The van der Waals surface area contributed by atoms with E-state index in [0.29, 0.717) is 5.82 Å². The number of sulfone groups is 1. The molecule has 0 spiro atoms. The largest absolute Gasteiger partial charge is 0.307 e. The van der Waals surface area contributed by atoms with E-state index in [0.717, 1.165) is 6.26 Å². The molecule has 1 aromatic heterocycles. The Kier molecular flexibility index (Phi) is 3.62. The SMILES string of the molecule is CS(=O)(=O)c1ccccc1C(=O)Nc1ccccn1. The van der Waals surface area contributed by atoms with Crippen LogP contribution in [0, 0.1) is 0 Å². The van der Waals surface area contributed by atoms with Crippen molar-refractivity contribution in [1.82, 2.24) is 4.98 Å². The van der Waals surface area contributed by atoms with Crippen LogP contribution in [-0.2, 0) is 9.84 Å². The van der Waals surface area contributed by atoms with Crippen LogP contribution in [-0.4, -0.2) is 25.6 Å². The maximum absolute atomic E-state index is 12.1. The van der Waals surface area contributed by atoms with Crippen molar-refractivity contribution in [3.05, 3.63) is 54.2 Å². The van der Waals surface area contributed by atoms with Crippen molar-refractivity contribution in [2.24, 2.45) is 0 Å². The van der Waals surface area contributed by atoms with Crippen LogP contribution in [0.5, 0.6) is 0 Å². The Labute approximate surface area is 111 Å². The van der Waals surface area contributed by atoms with Gasteiger partial charge in [-0.1, -0.05) is 18.2 Å². The van der Waals surface area contributed by atoms with Crippen LogP contribution in [0.15, 0.2) is 53.6 Å². The lowest BCUT2D eigenvalue weighted by molar-refractivity contribution is 0.102. The summed E-state index contributed by atoms with van der Waals surface area (Å²) >= 11 is 0. The van der Waals surface area contributed by atoms with Gasteiger partial charge in [0.25, 0.3) is 5.91 Å². The molecular weight excluding hydrogens is 264 g/mol. The van der Waals surface area contributed by atoms with Crippen molar-refractivity contribution in [3.63, 3.8) is 0 Å². The lowest BCUT2D eigenvalue weighted by Gasteiger charge is -2.08. The van der Waals surface area contributed by atoms with E-state index in [-0.39, 0.29) is 10.5 Å². The van der Waals surface area contributed by atoms with Crippen LogP contribution >= 0.6 is 0 Å². The fraction of sp³-hybridized carbons (Fsp3) is 0.0769. The number of aromatic nitrogens is 1. The number of rotatable bonds is 3. The minimum Gasteiger partial charge on any atom is -0.307 e. The Morgan fingerprint density at radius 2 is 1.79 bits per heavy atom. The van der Waals surface area contributed by atoms with E-state index in [1.807, 2.05) is 0 Å². The predicted octanol–water partition coefficient (Wildman–Crippen LogP) is 1.74. The number of anilines is 1. The molecule has 0 aliphatic carbocycles. The van der Waals surface area contributed by atoms with Crippen molar-refractivity contribution >= 4 is 21.6 Å². The molecule has 2 rings (SSSR count). The molecule has 0 unspecified atom stereocenters. The summed E-state index contributed by atoms with van der Waals surface area (Å²) in [6.07, 6.45) is 2.61. The molecule has 0 radical (unpaired) electrons. The van der Waals surface area contributed by atoms with E-state index in [2.05, 4.69) is 10.3 Å². The van der Waals surface area contributed by atoms with Gasteiger partial charge < -0.3 is 5.32 Å². The molecule has 0 aliphatic heterocycles. The molecule has 1 aromatic carbocycles. The maximum Gasteiger partial charge on any atom is 0.258 e. The molecule has 5 nitrogen and oxygen atoms in total. The molecule has 0 aliphatic rings. The lowest BCUT2D eigenvalue weighted by Crippen LogP contribution is -2.16. The Bertz CT molecular complexity index is 697. The van der Waals surface area contributed by atoms with Crippen molar-refractivity contribution < 1.29 is 13.2 Å². The molecule has 0 atom stereocenters. The van der Waals surface area contributed by atoms with E-state index in [9.17, 15) is 13.2 Å². The molecular formula is C13H12N2O3S. The molecule has 1 amide bonds. The summed E-state index contributed by atoms with van der Waals surface area (Å²) in [4.78, 5) is 16.0. The highest BCUT2D eigenvalue weighted by Crippen LogP contribution is 2.16. The van der Waals surface area contributed by atoms with Gasteiger partial charge >= 0.3 is 0 Å². The maximum atomic E-state index is 12.1. The molecule has 1 N–H and O–H groups in total. The Balaban J connectivity index is 2.35. The van der Waals surface area contributed by atoms with Gasteiger partial charge in [0.2, 0.25) is 0 Å². The van der Waals surface area contributed by atoms with Gasteiger partial charge in [-0.15, -0.1) is 0 Å². The number of nitrogens with one attached hydrogen (secondary N) is 1. The summed E-state index contributed by atoms with van der Waals surface area (Å²) < 4.78 is 23.2. The number of amides is 1. The van der Waals surface area contributed by atoms with Crippen molar-refractivity contribution in [1.29, 1.82) is 0 Å². The van der Waals surface area contributed by atoms with Crippen LogP contribution in [0.1, 0.15) is 10.4 Å². The smallest absolute Gasteiger partial charge is 0.258 e. The van der Waals surface area contributed by atoms with Crippen LogP contribution in [0.3, 0.4) is 0 Å². The number of benzene rings is 1. The summed E-state index contributed by atoms with van der Waals surface area (Å²) in [7, 11) is -3.45. The zero-order valence-electron chi connectivity index (χ0n) is 10.2. The Morgan fingerprint density at radius 3 is 2.42 bits per heavy atom. The predicted molar refractivity (Wildman–Crippen MR) is 71.7 cm³/mol. The second kappa shape index (κ2) is 5.19. The van der Waals surface area contributed by atoms with Crippen molar-refractivity contribution in [2.75, 3.05) is 11.6 Å². The van der Waals surface area contributed by atoms with Gasteiger partial charge in [0.15, 0.2) is 9.84 Å². The summed E-state index contributed by atoms with van der Waals surface area (Å²) in [5.74, 6) is -0.129. The van der Waals surface area contributed by atoms with Crippen LogP contribution in [0.4, 0.5) is 5.82 Å². The Hall–Kier alpha value is -2.21. The van der Waals surface area contributed by atoms with Crippen molar-refractivity contribution in [2.45, 2.75) is 4.90 Å². The van der Waals surface area contributed by atoms with Gasteiger partial charge in [-0.2, -0.15) is 0 Å². The molecule has 19 heavy (non-hydrogen) atoms. The van der Waals surface area contributed by atoms with E-state index < -0.39 is 15.7 Å². The third-order valence-electron chi connectivity index (χ3n) is 2.44. The topological polar surface area (TPSA) is 76.1 Å². The fourth-order valence-electron chi connectivity index (χ4n) is 1.60. The van der Waals surface area contributed by atoms with Gasteiger partial charge in [0.1, 0.15) is 5.82 Å². The van der Waals surface area contributed by atoms with Gasteiger partial charge in [-0.25, -0.2) is 13.4 Å². The number of carbonyl (C=O) groups is 1. The molecule has 98 valence electrons. The molecule has 1 heterocycles. The zero-order valence-corrected chi connectivity index (χ0v) is 11.0. The minimum atomic E-state index is -3.45. The van der Waals surface area contributed by atoms with E-state index in [1.165, 1.54) is 18.3 Å². The van der Waals surface area contributed by atoms with Crippen LogP contribution < -0.4 is 5.32 Å². The average Bonchev–Trinajstić information content (AvgIpc) is 2.39. The molecule has 0 saturated heterocycles. The molecule has 0 fully saturated rings. The molecule has 6 heteroatoms. The first kappa shape index (κ1) is 13.2. The normalized spacial score (nSPS) is 11.0. The van der Waals surface area contributed by atoms with Crippen molar-refractivity contribution in [3.8, 4) is 0 Å². The standard InChI is InChI=1S/C13H12N2O3S/c1-19(17,18)11-7-3-2-6-10(11)13(16)15-12-8-4-5-9-14-12/h2-9H,1H3,(H,14,15,16). The van der Waals surface area contributed by atoms with Crippen LogP contribution in [0.2, 0.25) is 0 Å². The third-order valence-corrected chi connectivity index (χ3v) is 3.59. The number of nitrogens with zero attached hydrogens (tertiary/aromatic N) is 1. The van der Waals surface area contributed by atoms with Gasteiger partial charge in [-0.3, -0.25) is 4.79 Å². The second-order valence-corrected chi connectivity index (χ2v) is 5.92. The first-order valence-electron chi connectivity index (χ1n) is 5.50. The number of pyridine rings is 1. The third kappa shape index (κ3) is 3.17. The lowest BCUT2D eigenvalue weighted by atomic mass is 10.2. The number of hydrogen-bond acceptors (Lipinski definition) is 4. The monoisotopic (exact) mass is 276 g/mol. The van der Waals surface area contributed by atoms with Gasteiger partial charge in [0, 0.05) is 12.5 Å². The Morgan fingerprint density at radius 1 is 1.11 bits per heavy atom. The van der Waals surface area contributed by atoms with Crippen LogP contribution in [0.25, 0.3) is 0 Å². The molecule has 0 bridgehead atoms. The minimum absolute atomic E-state index is 0.00318. The molecule has 2 aromatic rings. The highest BCUT2D eigenvalue weighted by molar-refractivity contribution is 7.90. The average molecular weight is 276 g/mol. The first-order valence-corrected chi connectivity index (χ1v) is 7.39. The zero-order chi connectivity index (χ0) is 13.9. The second-order valence-electron chi connectivity index (χ2n) is 3.94. The van der Waals surface area contributed by atoms with E-state index in [1.54, 1.807) is 30.3 Å². The number of carbonyl (C=O) groups excluding carboxylic acids is 1.